The Morgan fingerprint density at radius 2 is 1.90 bits per heavy atom. The highest BCUT2D eigenvalue weighted by Gasteiger charge is 2.59. The van der Waals surface area contributed by atoms with Crippen LogP contribution in [0.1, 0.15) is 59.9 Å². The van der Waals surface area contributed by atoms with Crippen LogP contribution in [0.4, 0.5) is 0 Å². The molecule has 0 saturated carbocycles. The first-order valence-electron chi connectivity index (χ1n) is 12.7. The second-order valence-electron chi connectivity index (χ2n) is 10.5. The molecule has 39 heavy (non-hydrogen) atoms. The van der Waals surface area contributed by atoms with Crippen molar-refractivity contribution in [1.29, 1.82) is 5.26 Å². The van der Waals surface area contributed by atoms with E-state index in [1.165, 1.54) is 0 Å². The number of ketones is 1. The Morgan fingerprint density at radius 1 is 1.21 bits per heavy atom. The second kappa shape index (κ2) is 10.5. The summed E-state index contributed by atoms with van der Waals surface area (Å²) in [5, 5.41) is 18.5. The number of carbonyl (C=O) groups is 2. The molecule has 0 aliphatic carbocycles. The van der Waals surface area contributed by atoms with E-state index in [1.54, 1.807) is 48.3 Å². The van der Waals surface area contributed by atoms with Gasteiger partial charge >= 0.3 is 0 Å². The van der Waals surface area contributed by atoms with Crippen molar-refractivity contribution in [2.45, 2.75) is 44.7 Å². The Labute approximate surface area is 236 Å². The number of benzene rings is 2. The van der Waals surface area contributed by atoms with Gasteiger partial charge in [-0.3, -0.25) is 9.59 Å². The zero-order valence-corrected chi connectivity index (χ0v) is 23.3. The Morgan fingerprint density at radius 3 is 2.51 bits per heavy atom. The maximum atomic E-state index is 14.0. The number of hydrogen-bond donors (Lipinski definition) is 0. The normalized spacial score (nSPS) is 20.5. The SMILES string of the molecule is COC1=C(c2cc(Cl)cc(Cl)c2)C(=O)N2CC(n3cc(C(=O)CC(C)C)nn3)CC12Cc1ccc(C#N)cc1. The van der Waals surface area contributed by atoms with Crippen LogP contribution in [0.5, 0.6) is 0 Å². The fraction of sp³-hybridized carbons (Fsp3) is 0.345. The number of fused-ring (bicyclic) bond motifs is 1. The molecule has 5 rings (SSSR count). The molecular weight excluding hydrogens is 537 g/mol. The fourth-order valence-electron chi connectivity index (χ4n) is 5.67. The standard InChI is InChI=1S/C29H27Cl2N5O3/c1-17(2)8-25(37)24-16-36(34-33-24)23-13-29(12-18-4-6-19(14-32)7-5-18)27(39-3)26(28(38)35(29)15-23)20-9-21(30)11-22(31)10-20/h4-7,9-11,16-17,23H,8,12-13,15H2,1-3H3. The number of Topliss-reactive ketones (excluding diaryl/α,β-unsaturated/α-hetero) is 1. The lowest BCUT2D eigenvalue weighted by atomic mass is 9.85. The van der Waals surface area contributed by atoms with E-state index in [9.17, 15) is 14.9 Å². The Kier molecular flexibility index (Phi) is 7.23. The molecule has 2 atom stereocenters. The molecule has 0 spiro atoms. The molecule has 0 bridgehead atoms. The number of nitriles is 1. The number of amides is 1. The average molecular weight is 564 g/mol. The first kappa shape index (κ1) is 26.9. The van der Waals surface area contributed by atoms with Gasteiger partial charge in [0.05, 0.1) is 36.6 Å². The fourth-order valence-corrected chi connectivity index (χ4v) is 6.20. The first-order chi connectivity index (χ1) is 18.6. The summed E-state index contributed by atoms with van der Waals surface area (Å²) in [4.78, 5) is 28.5. The van der Waals surface area contributed by atoms with Crippen LogP contribution >= 0.6 is 23.2 Å². The smallest absolute Gasteiger partial charge is 0.258 e. The molecule has 1 aromatic heterocycles. The minimum atomic E-state index is -0.831. The van der Waals surface area contributed by atoms with E-state index in [0.717, 1.165) is 5.56 Å². The largest absolute Gasteiger partial charge is 0.498 e. The van der Waals surface area contributed by atoms with E-state index in [0.29, 0.717) is 64.0 Å². The zero-order chi connectivity index (χ0) is 27.9. The van der Waals surface area contributed by atoms with Gasteiger partial charge in [0.25, 0.3) is 5.91 Å². The van der Waals surface area contributed by atoms with Gasteiger partial charge in [0.15, 0.2) is 5.78 Å². The Bertz CT molecular complexity index is 1500. The van der Waals surface area contributed by atoms with Gasteiger partial charge in [-0.05, 0) is 47.4 Å². The highest BCUT2D eigenvalue weighted by atomic mass is 35.5. The van der Waals surface area contributed by atoms with E-state index >= 15 is 0 Å². The van der Waals surface area contributed by atoms with Gasteiger partial charge in [-0.1, -0.05) is 54.4 Å². The van der Waals surface area contributed by atoms with Gasteiger partial charge in [0, 0.05) is 35.9 Å². The van der Waals surface area contributed by atoms with Crippen LogP contribution in [0.25, 0.3) is 5.57 Å². The lowest BCUT2D eigenvalue weighted by molar-refractivity contribution is -0.126. The number of ether oxygens (including phenoxy) is 1. The summed E-state index contributed by atoms with van der Waals surface area (Å²) in [6.07, 6.45) is 3.00. The molecule has 200 valence electrons. The lowest BCUT2D eigenvalue weighted by Crippen LogP contribution is -2.45. The monoisotopic (exact) mass is 563 g/mol. The Hall–Kier alpha value is -3.67. The third-order valence-electron chi connectivity index (χ3n) is 7.29. The van der Waals surface area contributed by atoms with Crippen LogP contribution < -0.4 is 0 Å². The third kappa shape index (κ3) is 4.93. The second-order valence-corrected chi connectivity index (χ2v) is 11.3. The van der Waals surface area contributed by atoms with Crippen molar-refractivity contribution in [3.05, 3.63) is 86.9 Å². The minimum Gasteiger partial charge on any atom is -0.498 e. The summed E-state index contributed by atoms with van der Waals surface area (Å²) in [6.45, 7) is 4.31. The molecule has 2 aliphatic heterocycles. The van der Waals surface area contributed by atoms with Crippen molar-refractivity contribution >= 4 is 40.5 Å². The van der Waals surface area contributed by atoms with E-state index in [2.05, 4.69) is 16.4 Å². The summed E-state index contributed by atoms with van der Waals surface area (Å²) in [6, 6.07) is 14.3. The molecule has 0 N–H and O–H groups in total. The van der Waals surface area contributed by atoms with Crippen molar-refractivity contribution in [3.8, 4) is 6.07 Å². The van der Waals surface area contributed by atoms with Crippen molar-refractivity contribution in [2.24, 2.45) is 5.92 Å². The van der Waals surface area contributed by atoms with Crippen molar-refractivity contribution in [2.75, 3.05) is 13.7 Å². The predicted octanol–water partition coefficient (Wildman–Crippen LogP) is 5.51. The number of carbonyl (C=O) groups excluding carboxylic acids is 2. The van der Waals surface area contributed by atoms with Gasteiger partial charge in [0.2, 0.25) is 0 Å². The van der Waals surface area contributed by atoms with Crippen molar-refractivity contribution in [3.63, 3.8) is 0 Å². The summed E-state index contributed by atoms with van der Waals surface area (Å²) in [7, 11) is 1.56. The van der Waals surface area contributed by atoms with Crippen LogP contribution in [0, 0.1) is 17.2 Å². The molecule has 2 aliphatic rings. The van der Waals surface area contributed by atoms with E-state index in [4.69, 9.17) is 27.9 Å². The lowest BCUT2D eigenvalue weighted by Gasteiger charge is -2.34. The quantitative estimate of drug-likeness (QED) is 0.335. The first-order valence-corrected chi connectivity index (χ1v) is 13.4. The van der Waals surface area contributed by atoms with Crippen LogP contribution in [-0.4, -0.2) is 50.8 Å². The average Bonchev–Trinajstić information content (AvgIpc) is 3.57. The summed E-state index contributed by atoms with van der Waals surface area (Å²) >= 11 is 12.6. The van der Waals surface area contributed by atoms with Crippen molar-refractivity contribution < 1.29 is 14.3 Å². The molecule has 3 aromatic rings. The molecular formula is C29H27Cl2N5O3. The molecule has 1 amide bonds. The molecule has 2 unspecified atom stereocenters. The van der Waals surface area contributed by atoms with Crippen LogP contribution in [0.2, 0.25) is 10.0 Å². The predicted molar refractivity (Wildman–Crippen MR) is 147 cm³/mol. The Balaban J connectivity index is 1.58. The highest BCUT2D eigenvalue weighted by Crippen LogP contribution is 2.51. The molecule has 3 heterocycles. The highest BCUT2D eigenvalue weighted by molar-refractivity contribution is 6.35. The van der Waals surface area contributed by atoms with Gasteiger partial charge in [-0.25, -0.2) is 4.68 Å². The molecule has 2 aromatic carbocycles. The number of hydrogen-bond acceptors (Lipinski definition) is 6. The topological polar surface area (TPSA) is 101 Å². The van der Waals surface area contributed by atoms with Crippen LogP contribution in [0.3, 0.4) is 0 Å². The summed E-state index contributed by atoms with van der Waals surface area (Å²) in [5.74, 6) is 0.475. The number of halogens is 2. The van der Waals surface area contributed by atoms with E-state index < -0.39 is 5.54 Å². The molecule has 1 fully saturated rings. The summed E-state index contributed by atoms with van der Waals surface area (Å²) in [5.41, 5.74) is 1.99. The van der Waals surface area contributed by atoms with Crippen molar-refractivity contribution in [1.82, 2.24) is 19.9 Å². The molecule has 10 heteroatoms. The van der Waals surface area contributed by atoms with Crippen LogP contribution in [-0.2, 0) is 16.0 Å². The van der Waals surface area contributed by atoms with Crippen LogP contribution in [0.15, 0.2) is 54.4 Å². The summed E-state index contributed by atoms with van der Waals surface area (Å²) < 4.78 is 7.70. The number of nitrogens with zero attached hydrogens (tertiary/aromatic N) is 5. The van der Waals surface area contributed by atoms with E-state index in [1.807, 2.05) is 30.9 Å². The number of rotatable bonds is 8. The third-order valence-corrected chi connectivity index (χ3v) is 7.73. The maximum absolute atomic E-state index is 14.0. The molecule has 1 saturated heterocycles. The van der Waals surface area contributed by atoms with E-state index in [-0.39, 0.29) is 23.7 Å². The maximum Gasteiger partial charge on any atom is 0.258 e. The van der Waals surface area contributed by atoms with Gasteiger partial charge in [0.1, 0.15) is 17.0 Å². The number of aromatic nitrogens is 3. The molecule has 0 radical (unpaired) electrons. The minimum absolute atomic E-state index is 0.0595. The van der Waals surface area contributed by atoms with Gasteiger partial charge < -0.3 is 9.64 Å². The number of methoxy groups -OCH3 is 1. The van der Waals surface area contributed by atoms with Gasteiger partial charge in [-0.2, -0.15) is 5.26 Å². The zero-order valence-electron chi connectivity index (χ0n) is 21.8. The molecule has 8 nitrogen and oxygen atoms in total. The van der Waals surface area contributed by atoms with Gasteiger partial charge in [-0.15, -0.1) is 5.10 Å².